The Labute approximate surface area is 523 Å². The normalized spacial score (nSPS) is 38.7. The summed E-state index contributed by atoms with van der Waals surface area (Å²) in [7, 11) is 3.10. The van der Waals surface area contributed by atoms with E-state index in [0.29, 0.717) is 22.3 Å². The van der Waals surface area contributed by atoms with Gasteiger partial charge in [0.1, 0.15) is 47.2 Å². The predicted molar refractivity (Wildman–Crippen MR) is 325 cm³/mol. The molecule has 492 valence electrons. The largest absolute Gasteiger partial charge is 0.502 e. The zero-order valence-electron chi connectivity index (χ0n) is 54.0. The van der Waals surface area contributed by atoms with E-state index in [2.05, 4.69) is 11.3 Å². The molecule has 6 fully saturated rings. The minimum atomic E-state index is -1.91. The van der Waals surface area contributed by atoms with Gasteiger partial charge in [-0.2, -0.15) is 0 Å². The number of methoxy groups -OCH3 is 2. The lowest BCUT2D eigenvalue weighted by Crippen LogP contribution is -2.81. The van der Waals surface area contributed by atoms with Gasteiger partial charge >= 0.3 is 23.9 Å². The van der Waals surface area contributed by atoms with E-state index >= 15 is 4.79 Å². The Bertz CT molecular complexity index is 3130. The third-order valence-corrected chi connectivity index (χ3v) is 21.7. The van der Waals surface area contributed by atoms with E-state index < -0.39 is 146 Å². The molecule has 5 N–H and O–H groups in total. The first-order chi connectivity index (χ1) is 40.8. The highest BCUT2D eigenvalue weighted by Gasteiger charge is 2.80. The summed E-state index contributed by atoms with van der Waals surface area (Å²) in [5.41, 5.74) is -9.27. The Balaban J connectivity index is 0.000000234. The summed E-state index contributed by atoms with van der Waals surface area (Å²) in [5.74, 6) is -7.48. The van der Waals surface area contributed by atoms with Gasteiger partial charge in [-0.25, -0.2) is 9.59 Å². The number of esters is 4. The van der Waals surface area contributed by atoms with E-state index in [1.54, 1.807) is 144 Å². The number of benzene rings is 2. The SMILES string of the molecule is C.C=C(C)OC.CC(=O)O[C@@]12CO[C@@H]1C[C@H](O)[C@@]1(C)C(=O)[C@H](C)C3=C(C)[C@@H](O)C[C@@](O)([C@@H](OC(=O)c4ccccc4)C12)C3(C)C.COC(C)(C)O[C@H]1C[C@H]2OC[C@@]2(OC(C)=O)C2[C@H](OC(=O)c3ccccc3)[C@]3(O)C[C@H](O)C(C)=C([C@@H](C)C(=O)[C@@]21C)C3(C)C. The molecular formula is C69H96O20. The van der Waals surface area contributed by atoms with Crippen LogP contribution in [-0.4, -0.2) is 165 Å². The first kappa shape index (κ1) is 70.8. The van der Waals surface area contributed by atoms with Crippen molar-refractivity contribution >= 4 is 35.4 Å². The molecule has 0 spiro atoms. The van der Waals surface area contributed by atoms with Gasteiger partial charge in [-0.1, -0.05) is 91.9 Å². The van der Waals surface area contributed by atoms with Crippen LogP contribution < -0.4 is 0 Å². The van der Waals surface area contributed by atoms with Crippen molar-refractivity contribution in [3.8, 4) is 0 Å². The zero-order valence-corrected chi connectivity index (χ0v) is 54.0. The summed E-state index contributed by atoms with van der Waals surface area (Å²) >= 11 is 0. The Morgan fingerprint density at radius 3 is 1.31 bits per heavy atom. The summed E-state index contributed by atoms with van der Waals surface area (Å²) in [6.07, 6.45) is -8.84. The molecule has 2 heterocycles. The topological polar surface area (TPSA) is 287 Å². The van der Waals surface area contributed by atoms with Crippen LogP contribution in [0.25, 0.3) is 0 Å². The molecule has 2 aliphatic heterocycles. The second-order valence-corrected chi connectivity index (χ2v) is 27.6. The van der Waals surface area contributed by atoms with Crippen molar-refractivity contribution in [2.45, 2.75) is 214 Å². The van der Waals surface area contributed by atoms with Gasteiger partial charge in [0, 0.05) is 69.3 Å². The average molecular weight is 1250 g/mol. The Morgan fingerprint density at radius 1 is 0.618 bits per heavy atom. The molecule has 89 heavy (non-hydrogen) atoms. The Hall–Kier alpha value is -5.68. The quantitative estimate of drug-likeness (QED) is 0.0496. The van der Waals surface area contributed by atoms with Crippen LogP contribution >= 0.6 is 0 Å². The molecule has 20 heteroatoms. The number of carbonyl (C=O) groups is 6. The number of carbonyl (C=O) groups excluding carboxylic acids is 6. The van der Waals surface area contributed by atoms with Gasteiger partial charge in [0.15, 0.2) is 17.0 Å². The number of Topliss-reactive ketones (excluding diaryl/α,β-unsaturated/α-hetero) is 2. The molecule has 10 rings (SSSR count). The molecule has 4 bridgehead atoms. The lowest BCUT2D eigenvalue weighted by molar-refractivity contribution is -0.363. The van der Waals surface area contributed by atoms with Gasteiger partial charge in [0.05, 0.1) is 84.3 Å². The molecule has 0 radical (unpaired) electrons. The van der Waals surface area contributed by atoms with E-state index in [0.717, 1.165) is 5.76 Å². The van der Waals surface area contributed by atoms with Crippen molar-refractivity contribution < 1.29 is 96.9 Å². The fourth-order valence-electron chi connectivity index (χ4n) is 16.9. The highest BCUT2D eigenvalue weighted by molar-refractivity contribution is 5.94. The van der Waals surface area contributed by atoms with Crippen LogP contribution in [0.2, 0.25) is 0 Å². The van der Waals surface area contributed by atoms with Gasteiger partial charge in [0.2, 0.25) is 0 Å². The Morgan fingerprint density at radius 2 is 0.978 bits per heavy atom. The van der Waals surface area contributed by atoms with Crippen LogP contribution in [-0.2, 0) is 61.8 Å². The number of rotatable bonds is 10. The van der Waals surface area contributed by atoms with Crippen LogP contribution in [0.4, 0.5) is 0 Å². The summed E-state index contributed by atoms with van der Waals surface area (Å²) in [5, 5.41) is 60.0. The van der Waals surface area contributed by atoms with Gasteiger partial charge in [-0.05, 0) is 95.0 Å². The summed E-state index contributed by atoms with van der Waals surface area (Å²) < 4.78 is 53.2. The molecule has 2 aromatic carbocycles. The van der Waals surface area contributed by atoms with Crippen molar-refractivity contribution in [3.63, 3.8) is 0 Å². The lowest BCUT2D eigenvalue weighted by Gasteiger charge is -2.68. The highest BCUT2D eigenvalue weighted by Crippen LogP contribution is 2.67. The maximum atomic E-state index is 15.1. The zero-order chi connectivity index (χ0) is 65.6. The van der Waals surface area contributed by atoms with Crippen LogP contribution in [0.5, 0.6) is 0 Å². The number of aliphatic hydroxyl groups is 5. The van der Waals surface area contributed by atoms with Crippen molar-refractivity contribution in [2.24, 2.45) is 45.3 Å². The Kier molecular flexibility index (Phi) is 19.7. The molecule has 20 nitrogen and oxygen atoms in total. The summed E-state index contributed by atoms with van der Waals surface area (Å²) in [6.45, 7) is 28.6. The fraction of sp³-hybridized carbons (Fsp3) is 0.652. The van der Waals surface area contributed by atoms with Gasteiger partial charge in [-0.3, -0.25) is 19.2 Å². The smallest absolute Gasteiger partial charge is 0.338 e. The standard InChI is InChI=1S/C34H46O10.C30H38O9.C4H8O.CH4/c1-18-22(36)16-34(39)28(42-29(38)21-13-11-10-12-14-21)26-32(8,27(37)19(2)25(18)30(34,4)5)23(44-31(6,7)40-9)15-24-33(26,17-41-24)43-20(3)35;1-15-19(32)13-30(36)25(38-26(35)18-10-8-7-9-11-18)23-28(6,24(34)16(2)22(15)27(30,4)5)20(33)12-21-29(23,14-37-21)39-17(3)31;1-4(2)5-3;/h10-14,19,22-24,26,28,36,39H,15-17H2,1-9H3;7-11,16,19-21,23,25,32-33,36H,12-14H2,1-6H3;1H2,2-3H3;1H4/t19-,22+,23+,24-,26?,28+,32-,33+,34-;16-,19+,20+,21-,23?,25+,28-,29+,30-;;/m11../s1. The monoisotopic (exact) mass is 1240 g/mol. The van der Waals surface area contributed by atoms with Crippen LogP contribution in [0, 0.1) is 45.3 Å². The first-order valence-corrected chi connectivity index (χ1v) is 30.3. The van der Waals surface area contributed by atoms with Crippen LogP contribution in [0.15, 0.2) is 95.3 Å². The average Bonchev–Trinajstić information content (AvgIpc) is 0.705. The lowest BCUT2D eigenvalue weighted by atomic mass is 9.43. The van der Waals surface area contributed by atoms with Gasteiger partial charge < -0.3 is 68.2 Å². The molecule has 4 saturated carbocycles. The molecule has 18 atom stereocenters. The number of allylic oxidation sites excluding steroid dienone is 1. The molecule has 8 aliphatic rings. The molecule has 2 aromatic rings. The predicted octanol–water partition coefficient (Wildman–Crippen LogP) is 7.92. The van der Waals surface area contributed by atoms with E-state index in [4.69, 9.17) is 37.9 Å². The van der Waals surface area contributed by atoms with Gasteiger partial charge in [0.25, 0.3) is 0 Å². The number of hydrogen-bond acceptors (Lipinski definition) is 20. The van der Waals surface area contributed by atoms with Crippen molar-refractivity contribution in [2.75, 3.05) is 27.4 Å². The maximum Gasteiger partial charge on any atom is 0.338 e. The van der Waals surface area contributed by atoms with Crippen molar-refractivity contribution in [3.05, 3.63) is 106 Å². The summed E-state index contributed by atoms with van der Waals surface area (Å²) in [6, 6.07) is 16.6. The van der Waals surface area contributed by atoms with E-state index in [9.17, 15) is 49.5 Å². The van der Waals surface area contributed by atoms with E-state index in [1.807, 2.05) is 13.8 Å². The molecule has 2 saturated heterocycles. The second-order valence-electron chi connectivity index (χ2n) is 27.6. The van der Waals surface area contributed by atoms with E-state index in [1.165, 1.54) is 21.0 Å². The molecule has 0 aromatic heterocycles. The van der Waals surface area contributed by atoms with Gasteiger partial charge in [-0.15, -0.1) is 0 Å². The minimum absolute atomic E-state index is 0. The number of hydrogen-bond donors (Lipinski definition) is 5. The molecule has 2 unspecified atom stereocenters. The highest BCUT2D eigenvalue weighted by atomic mass is 16.7. The third-order valence-electron chi connectivity index (χ3n) is 21.7. The third kappa shape index (κ3) is 11.1. The number of aliphatic hydroxyl groups excluding tert-OH is 3. The minimum Gasteiger partial charge on any atom is -0.502 e. The number of ether oxygens (including phenoxy) is 9. The van der Waals surface area contributed by atoms with Crippen LogP contribution in [0.3, 0.4) is 0 Å². The van der Waals surface area contributed by atoms with Crippen molar-refractivity contribution in [1.82, 2.24) is 0 Å². The maximum absolute atomic E-state index is 15.1. The molecule has 0 amide bonds. The first-order valence-electron chi connectivity index (χ1n) is 30.3. The fourth-order valence-corrected chi connectivity index (χ4v) is 16.9. The van der Waals surface area contributed by atoms with Crippen LogP contribution in [0.1, 0.15) is 158 Å². The number of fused-ring (bicyclic) bond motifs is 10. The van der Waals surface area contributed by atoms with Crippen molar-refractivity contribution in [1.29, 1.82) is 0 Å². The summed E-state index contributed by atoms with van der Waals surface area (Å²) in [4.78, 5) is 82.5. The number of ketones is 2. The van der Waals surface area contributed by atoms with E-state index in [-0.39, 0.29) is 69.0 Å². The molecular weight excluding hydrogens is 1150 g/mol. The second kappa shape index (κ2) is 24.7. The molecule has 6 aliphatic carbocycles.